The fourth-order valence-corrected chi connectivity index (χ4v) is 1.72. The fraction of sp³-hybridized carbons (Fsp3) is 0.500. The molecule has 0 unspecified atom stereocenters. The Morgan fingerprint density at radius 3 is 3.12 bits per heavy atom. The van der Waals surface area contributed by atoms with Crippen LogP contribution in [0.5, 0.6) is 0 Å². The van der Waals surface area contributed by atoms with Crippen molar-refractivity contribution in [3.05, 3.63) is 30.1 Å². The van der Waals surface area contributed by atoms with Gasteiger partial charge in [0, 0.05) is 19.2 Å². The van der Waals surface area contributed by atoms with Gasteiger partial charge in [-0.2, -0.15) is 5.10 Å². The Bertz CT molecular complexity index is 404. The summed E-state index contributed by atoms with van der Waals surface area (Å²) in [5, 5.41) is 7.06. The van der Waals surface area contributed by atoms with Gasteiger partial charge in [0.1, 0.15) is 5.69 Å². The van der Waals surface area contributed by atoms with E-state index in [0.29, 0.717) is 18.0 Å². The van der Waals surface area contributed by atoms with Crippen LogP contribution in [0.2, 0.25) is 0 Å². The maximum atomic E-state index is 11.9. The molecular weight excluding hydrogens is 202 g/mol. The average molecular weight is 219 g/mol. The molecule has 1 amide bonds. The predicted molar refractivity (Wildman–Crippen MR) is 62.2 cm³/mol. The lowest BCUT2D eigenvalue weighted by Crippen LogP contribution is -2.28. The molecule has 86 valence electrons. The molecule has 0 bridgehead atoms. The van der Waals surface area contributed by atoms with E-state index in [1.165, 1.54) is 12.8 Å². The van der Waals surface area contributed by atoms with Crippen molar-refractivity contribution in [2.75, 3.05) is 6.54 Å². The zero-order valence-electron chi connectivity index (χ0n) is 9.57. The van der Waals surface area contributed by atoms with Crippen LogP contribution in [0.1, 0.15) is 28.9 Å². The Hall–Kier alpha value is -1.58. The summed E-state index contributed by atoms with van der Waals surface area (Å²) in [6.07, 6.45) is 6.68. The first-order chi connectivity index (χ1) is 7.72. The summed E-state index contributed by atoms with van der Waals surface area (Å²) >= 11 is 0. The number of carbonyl (C=O) groups is 1. The summed E-state index contributed by atoms with van der Waals surface area (Å²) in [7, 11) is 1.79. The summed E-state index contributed by atoms with van der Waals surface area (Å²) in [5.74, 6) is 0.670. The summed E-state index contributed by atoms with van der Waals surface area (Å²) in [6, 6.07) is 0. The van der Waals surface area contributed by atoms with Crippen molar-refractivity contribution >= 4 is 5.91 Å². The van der Waals surface area contributed by atoms with Gasteiger partial charge in [0.25, 0.3) is 5.91 Å². The van der Waals surface area contributed by atoms with E-state index < -0.39 is 0 Å². The molecular formula is C12H17N3O. The van der Waals surface area contributed by atoms with Gasteiger partial charge in [-0.15, -0.1) is 6.58 Å². The number of hydrogen-bond acceptors (Lipinski definition) is 2. The molecule has 0 aliphatic heterocycles. The molecule has 0 spiro atoms. The number of rotatable bonds is 5. The second-order valence-electron chi connectivity index (χ2n) is 4.29. The van der Waals surface area contributed by atoms with Crippen LogP contribution in [0.25, 0.3) is 0 Å². The SMILES string of the molecule is C=CCc1cnn(C)c1C(=O)NCC1CC1. The van der Waals surface area contributed by atoms with Crippen molar-refractivity contribution < 1.29 is 4.79 Å². The molecule has 1 N–H and O–H groups in total. The number of allylic oxidation sites excluding steroid dienone is 1. The third-order valence-corrected chi connectivity index (χ3v) is 2.84. The second kappa shape index (κ2) is 4.51. The number of aryl methyl sites for hydroxylation is 1. The first-order valence-electron chi connectivity index (χ1n) is 5.62. The minimum Gasteiger partial charge on any atom is -0.350 e. The summed E-state index contributed by atoms with van der Waals surface area (Å²) in [4.78, 5) is 11.9. The van der Waals surface area contributed by atoms with Gasteiger partial charge in [0.15, 0.2) is 0 Å². The highest BCUT2D eigenvalue weighted by Gasteiger charge is 2.23. The van der Waals surface area contributed by atoms with Crippen LogP contribution in [0.15, 0.2) is 18.9 Å². The highest BCUT2D eigenvalue weighted by Crippen LogP contribution is 2.27. The van der Waals surface area contributed by atoms with Crippen molar-refractivity contribution in [1.29, 1.82) is 0 Å². The number of aromatic nitrogens is 2. The lowest BCUT2D eigenvalue weighted by molar-refractivity contribution is 0.0941. The Morgan fingerprint density at radius 2 is 2.50 bits per heavy atom. The number of nitrogens with zero attached hydrogens (tertiary/aromatic N) is 2. The Labute approximate surface area is 95.3 Å². The van der Waals surface area contributed by atoms with Gasteiger partial charge in [-0.1, -0.05) is 6.08 Å². The normalized spacial score (nSPS) is 14.8. The number of hydrogen-bond donors (Lipinski definition) is 1. The Kier molecular flexibility index (Phi) is 3.08. The van der Waals surface area contributed by atoms with Crippen LogP contribution in [0.3, 0.4) is 0 Å². The van der Waals surface area contributed by atoms with E-state index in [2.05, 4.69) is 17.0 Å². The standard InChI is InChI=1S/C12H17N3O/c1-3-4-10-8-14-15(2)11(10)12(16)13-7-9-5-6-9/h3,8-9H,1,4-7H2,2H3,(H,13,16). The van der Waals surface area contributed by atoms with E-state index in [-0.39, 0.29) is 5.91 Å². The average Bonchev–Trinajstić information content (AvgIpc) is 3.01. The Balaban J connectivity index is 2.06. The van der Waals surface area contributed by atoms with E-state index in [9.17, 15) is 4.79 Å². The third-order valence-electron chi connectivity index (χ3n) is 2.84. The maximum absolute atomic E-state index is 11.9. The van der Waals surface area contributed by atoms with Crippen LogP contribution in [-0.2, 0) is 13.5 Å². The number of carbonyl (C=O) groups excluding carboxylic acids is 1. The topological polar surface area (TPSA) is 46.9 Å². The van der Waals surface area contributed by atoms with Crippen LogP contribution >= 0.6 is 0 Å². The molecule has 1 aliphatic rings. The van der Waals surface area contributed by atoms with Gasteiger partial charge in [-0.25, -0.2) is 0 Å². The van der Waals surface area contributed by atoms with Crippen molar-refractivity contribution in [3.8, 4) is 0 Å². The first-order valence-corrected chi connectivity index (χ1v) is 5.62. The monoisotopic (exact) mass is 219 g/mol. The van der Waals surface area contributed by atoms with E-state index in [0.717, 1.165) is 12.1 Å². The molecule has 1 aromatic rings. The smallest absolute Gasteiger partial charge is 0.269 e. The van der Waals surface area contributed by atoms with Crippen molar-refractivity contribution in [3.63, 3.8) is 0 Å². The Morgan fingerprint density at radius 1 is 1.75 bits per heavy atom. The van der Waals surface area contributed by atoms with Crippen molar-refractivity contribution in [2.45, 2.75) is 19.3 Å². The maximum Gasteiger partial charge on any atom is 0.269 e. The molecule has 4 nitrogen and oxygen atoms in total. The molecule has 16 heavy (non-hydrogen) atoms. The highest BCUT2D eigenvalue weighted by molar-refractivity contribution is 5.94. The van der Waals surface area contributed by atoms with E-state index >= 15 is 0 Å². The molecule has 0 saturated heterocycles. The number of amides is 1. The molecule has 4 heteroatoms. The van der Waals surface area contributed by atoms with Crippen LogP contribution < -0.4 is 5.32 Å². The predicted octanol–water partition coefficient (Wildman–Crippen LogP) is 1.29. The van der Waals surface area contributed by atoms with Gasteiger partial charge in [0.05, 0.1) is 6.20 Å². The molecule has 1 heterocycles. The minimum atomic E-state index is -0.0243. The molecule has 0 aromatic carbocycles. The van der Waals surface area contributed by atoms with Crippen molar-refractivity contribution in [1.82, 2.24) is 15.1 Å². The molecule has 0 atom stereocenters. The van der Waals surface area contributed by atoms with E-state index in [1.54, 1.807) is 24.0 Å². The van der Waals surface area contributed by atoms with E-state index in [4.69, 9.17) is 0 Å². The van der Waals surface area contributed by atoms with Gasteiger partial charge < -0.3 is 5.32 Å². The first kappa shape index (κ1) is 10.9. The van der Waals surface area contributed by atoms with Crippen LogP contribution in [0, 0.1) is 5.92 Å². The van der Waals surface area contributed by atoms with E-state index in [1.807, 2.05) is 0 Å². The minimum absolute atomic E-state index is 0.0243. The van der Waals surface area contributed by atoms with Crippen LogP contribution in [0.4, 0.5) is 0 Å². The molecule has 1 aliphatic carbocycles. The molecule has 0 radical (unpaired) electrons. The molecule has 1 saturated carbocycles. The summed E-state index contributed by atoms with van der Waals surface area (Å²) < 4.78 is 1.63. The molecule has 2 rings (SSSR count). The fourth-order valence-electron chi connectivity index (χ4n) is 1.72. The zero-order valence-corrected chi connectivity index (χ0v) is 9.57. The van der Waals surface area contributed by atoms with Gasteiger partial charge in [-0.3, -0.25) is 9.48 Å². The largest absolute Gasteiger partial charge is 0.350 e. The number of nitrogens with one attached hydrogen (secondary N) is 1. The quantitative estimate of drug-likeness (QED) is 0.758. The summed E-state index contributed by atoms with van der Waals surface area (Å²) in [6.45, 7) is 4.47. The lowest BCUT2D eigenvalue weighted by atomic mass is 10.1. The summed E-state index contributed by atoms with van der Waals surface area (Å²) in [5.41, 5.74) is 1.59. The second-order valence-corrected chi connectivity index (χ2v) is 4.29. The van der Waals surface area contributed by atoms with Crippen molar-refractivity contribution in [2.24, 2.45) is 13.0 Å². The van der Waals surface area contributed by atoms with Gasteiger partial charge in [-0.05, 0) is 25.2 Å². The molecule has 1 fully saturated rings. The van der Waals surface area contributed by atoms with Crippen LogP contribution in [-0.4, -0.2) is 22.2 Å². The van der Waals surface area contributed by atoms with Gasteiger partial charge in [0.2, 0.25) is 0 Å². The molecule has 1 aromatic heterocycles. The highest BCUT2D eigenvalue weighted by atomic mass is 16.2. The zero-order chi connectivity index (χ0) is 11.5. The lowest BCUT2D eigenvalue weighted by Gasteiger charge is -2.06. The van der Waals surface area contributed by atoms with Gasteiger partial charge >= 0.3 is 0 Å². The third kappa shape index (κ3) is 2.32.